The second-order valence-electron chi connectivity index (χ2n) is 4.77. The molecular formula is C14H19F2NO. The van der Waals surface area contributed by atoms with Crippen molar-refractivity contribution < 1.29 is 13.5 Å². The minimum Gasteiger partial charge on any atom is -0.383 e. The van der Waals surface area contributed by atoms with Crippen LogP contribution in [-0.2, 0) is 4.74 Å². The van der Waals surface area contributed by atoms with Crippen molar-refractivity contribution in [1.29, 1.82) is 0 Å². The van der Waals surface area contributed by atoms with Crippen LogP contribution in [0.3, 0.4) is 0 Å². The molecule has 100 valence electrons. The van der Waals surface area contributed by atoms with Crippen molar-refractivity contribution in [1.82, 2.24) is 5.32 Å². The summed E-state index contributed by atoms with van der Waals surface area (Å²) < 4.78 is 29.8. The Morgan fingerprint density at radius 3 is 2.67 bits per heavy atom. The monoisotopic (exact) mass is 255 g/mol. The molecule has 1 aliphatic carbocycles. The van der Waals surface area contributed by atoms with E-state index in [0.29, 0.717) is 11.8 Å². The highest BCUT2D eigenvalue weighted by Crippen LogP contribution is 2.47. The van der Waals surface area contributed by atoms with Crippen LogP contribution in [0.2, 0.25) is 0 Å². The smallest absolute Gasteiger partial charge is 0.263 e. The molecule has 0 radical (unpaired) electrons. The van der Waals surface area contributed by atoms with E-state index in [4.69, 9.17) is 4.74 Å². The van der Waals surface area contributed by atoms with E-state index in [-0.39, 0.29) is 5.56 Å². The van der Waals surface area contributed by atoms with Crippen LogP contribution >= 0.6 is 0 Å². The van der Waals surface area contributed by atoms with Crippen LogP contribution in [0, 0.1) is 5.92 Å². The summed E-state index contributed by atoms with van der Waals surface area (Å²) in [5.74, 6) is 1.17. The number of hydrogen-bond acceptors (Lipinski definition) is 2. The number of methoxy groups -OCH3 is 1. The molecule has 0 heterocycles. The molecule has 1 fully saturated rings. The lowest BCUT2D eigenvalue weighted by molar-refractivity contribution is 0.151. The van der Waals surface area contributed by atoms with E-state index < -0.39 is 6.43 Å². The lowest BCUT2D eigenvalue weighted by Crippen LogP contribution is -2.21. The molecule has 2 nitrogen and oxygen atoms in total. The molecule has 0 aliphatic heterocycles. The first-order valence-corrected chi connectivity index (χ1v) is 6.30. The molecule has 0 spiro atoms. The minimum absolute atomic E-state index is 0.106. The van der Waals surface area contributed by atoms with Crippen molar-refractivity contribution >= 4 is 0 Å². The molecule has 2 rings (SSSR count). The Morgan fingerprint density at radius 1 is 1.33 bits per heavy atom. The molecule has 0 bridgehead atoms. The fraction of sp³-hybridized carbons (Fsp3) is 0.571. The van der Waals surface area contributed by atoms with E-state index >= 15 is 0 Å². The lowest BCUT2D eigenvalue weighted by atomic mass is 10.1. The van der Waals surface area contributed by atoms with Gasteiger partial charge in [-0.2, -0.15) is 0 Å². The van der Waals surface area contributed by atoms with Gasteiger partial charge in [-0.3, -0.25) is 0 Å². The first-order chi connectivity index (χ1) is 8.72. The van der Waals surface area contributed by atoms with Gasteiger partial charge in [0, 0.05) is 19.2 Å². The van der Waals surface area contributed by atoms with Crippen molar-refractivity contribution in [2.45, 2.75) is 18.8 Å². The Kier molecular flexibility index (Phi) is 4.66. The largest absolute Gasteiger partial charge is 0.383 e. The third-order valence-electron chi connectivity index (χ3n) is 3.43. The number of ether oxygens (including phenoxy) is 1. The molecule has 2 atom stereocenters. The van der Waals surface area contributed by atoms with Crippen molar-refractivity contribution in [2.24, 2.45) is 5.92 Å². The fourth-order valence-electron chi connectivity index (χ4n) is 2.23. The van der Waals surface area contributed by atoms with E-state index in [2.05, 4.69) is 5.32 Å². The Morgan fingerprint density at radius 2 is 2.06 bits per heavy atom. The molecule has 1 saturated carbocycles. The molecule has 18 heavy (non-hydrogen) atoms. The van der Waals surface area contributed by atoms with Crippen molar-refractivity contribution in [2.75, 3.05) is 26.8 Å². The summed E-state index contributed by atoms with van der Waals surface area (Å²) in [4.78, 5) is 0. The average molecular weight is 255 g/mol. The number of halogens is 2. The van der Waals surface area contributed by atoms with Gasteiger partial charge in [-0.25, -0.2) is 8.78 Å². The van der Waals surface area contributed by atoms with Crippen LogP contribution in [0.5, 0.6) is 0 Å². The van der Waals surface area contributed by atoms with Gasteiger partial charge in [0.15, 0.2) is 0 Å². The van der Waals surface area contributed by atoms with Crippen LogP contribution in [0.4, 0.5) is 8.78 Å². The van der Waals surface area contributed by atoms with E-state index in [0.717, 1.165) is 26.1 Å². The average Bonchev–Trinajstić information content (AvgIpc) is 3.14. The molecule has 0 amide bonds. The predicted molar refractivity (Wildman–Crippen MR) is 67.0 cm³/mol. The predicted octanol–water partition coefficient (Wildman–Crippen LogP) is 2.96. The molecule has 2 unspecified atom stereocenters. The zero-order valence-electron chi connectivity index (χ0n) is 10.5. The minimum atomic E-state index is -2.37. The highest BCUT2D eigenvalue weighted by Gasteiger charge is 2.37. The summed E-state index contributed by atoms with van der Waals surface area (Å²) in [6.45, 7) is 2.56. The zero-order valence-corrected chi connectivity index (χ0v) is 10.5. The molecule has 1 aromatic rings. The van der Waals surface area contributed by atoms with Gasteiger partial charge in [-0.15, -0.1) is 0 Å². The van der Waals surface area contributed by atoms with E-state index in [9.17, 15) is 8.78 Å². The SMILES string of the molecule is COCCNCC1CC1c1ccc(C(F)F)cc1. The van der Waals surface area contributed by atoms with Gasteiger partial charge >= 0.3 is 0 Å². The Balaban J connectivity index is 1.77. The summed E-state index contributed by atoms with van der Waals surface area (Å²) in [7, 11) is 1.69. The van der Waals surface area contributed by atoms with Crippen LogP contribution in [0.1, 0.15) is 29.9 Å². The quantitative estimate of drug-likeness (QED) is 0.756. The molecule has 1 aromatic carbocycles. The zero-order chi connectivity index (χ0) is 13.0. The molecule has 1 aliphatic rings. The first kappa shape index (κ1) is 13.4. The van der Waals surface area contributed by atoms with Gasteiger partial charge in [0.25, 0.3) is 6.43 Å². The molecule has 1 N–H and O–H groups in total. The maximum atomic E-state index is 12.4. The summed E-state index contributed by atoms with van der Waals surface area (Å²) in [6.07, 6.45) is -1.22. The Bertz CT molecular complexity index is 367. The standard InChI is InChI=1S/C14H19F2NO/c1-18-7-6-17-9-12-8-13(12)10-2-4-11(5-3-10)14(15)16/h2-5,12-14,17H,6-9H2,1H3. The van der Waals surface area contributed by atoms with Gasteiger partial charge < -0.3 is 10.1 Å². The fourth-order valence-corrected chi connectivity index (χ4v) is 2.23. The van der Waals surface area contributed by atoms with Gasteiger partial charge in [0.1, 0.15) is 0 Å². The second kappa shape index (κ2) is 6.25. The first-order valence-electron chi connectivity index (χ1n) is 6.30. The molecule has 4 heteroatoms. The van der Waals surface area contributed by atoms with E-state index in [1.807, 2.05) is 12.1 Å². The van der Waals surface area contributed by atoms with Crippen LogP contribution in [0.15, 0.2) is 24.3 Å². The Labute approximate surface area is 106 Å². The third-order valence-corrected chi connectivity index (χ3v) is 3.43. The van der Waals surface area contributed by atoms with Crippen molar-refractivity contribution in [3.63, 3.8) is 0 Å². The van der Waals surface area contributed by atoms with Gasteiger partial charge in [-0.05, 0) is 30.4 Å². The normalized spacial score (nSPS) is 22.4. The van der Waals surface area contributed by atoms with Gasteiger partial charge in [0.05, 0.1) is 6.61 Å². The number of rotatable bonds is 7. The highest BCUT2D eigenvalue weighted by atomic mass is 19.3. The lowest BCUT2D eigenvalue weighted by Gasteiger charge is -2.05. The molecular weight excluding hydrogens is 236 g/mol. The topological polar surface area (TPSA) is 21.3 Å². The number of hydrogen-bond donors (Lipinski definition) is 1. The van der Waals surface area contributed by atoms with E-state index in [1.165, 1.54) is 17.7 Å². The maximum absolute atomic E-state index is 12.4. The highest BCUT2D eigenvalue weighted by molar-refractivity contribution is 5.30. The number of alkyl halides is 2. The maximum Gasteiger partial charge on any atom is 0.263 e. The van der Waals surface area contributed by atoms with Crippen LogP contribution < -0.4 is 5.32 Å². The molecule has 0 saturated heterocycles. The number of nitrogens with one attached hydrogen (secondary N) is 1. The molecule has 0 aromatic heterocycles. The summed E-state index contributed by atoms with van der Waals surface area (Å²) in [5, 5.41) is 3.33. The van der Waals surface area contributed by atoms with Crippen LogP contribution in [-0.4, -0.2) is 26.8 Å². The summed E-state index contributed by atoms with van der Waals surface area (Å²) >= 11 is 0. The third kappa shape index (κ3) is 3.50. The van der Waals surface area contributed by atoms with Crippen molar-refractivity contribution in [3.8, 4) is 0 Å². The summed E-state index contributed by atoms with van der Waals surface area (Å²) in [6, 6.07) is 6.74. The second-order valence-corrected chi connectivity index (χ2v) is 4.77. The van der Waals surface area contributed by atoms with Gasteiger partial charge in [0.2, 0.25) is 0 Å². The Hall–Kier alpha value is -1.00. The van der Waals surface area contributed by atoms with Gasteiger partial charge in [-0.1, -0.05) is 24.3 Å². The number of benzene rings is 1. The van der Waals surface area contributed by atoms with Crippen LogP contribution in [0.25, 0.3) is 0 Å². The summed E-state index contributed by atoms with van der Waals surface area (Å²) in [5.41, 5.74) is 1.28. The van der Waals surface area contributed by atoms with E-state index in [1.54, 1.807) is 7.11 Å². The van der Waals surface area contributed by atoms with Crippen molar-refractivity contribution in [3.05, 3.63) is 35.4 Å².